The molecule has 5 nitrogen and oxygen atoms in total. The summed E-state index contributed by atoms with van der Waals surface area (Å²) in [6.45, 7) is 9.34. The number of hydrogen-bond acceptors (Lipinski definition) is 5. The van der Waals surface area contributed by atoms with Crippen molar-refractivity contribution in [3.63, 3.8) is 0 Å². The third-order valence-corrected chi connectivity index (χ3v) is 3.73. The van der Waals surface area contributed by atoms with Gasteiger partial charge in [0.15, 0.2) is 5.79 Å². The Bertz CT molecular complexity index is 338. The number of esters is 1. The van der Waals surface area contributed by atoms with E-state index in [0.29, 0.717) is 13.2 Å². The Hall–Kier alpha value is -0.650. The molecular weight excluding hydrogens is 246 g/mol. The van der Waals surface area contributed by atoms with E-state index in [0.717, 1.165) is 12.8 Å². The first-order valence-electron chi connectivity index (χ1n) is 6.82. The summed E-state index contributed by atoms with van der Waals surface area (Å²) in [7, 11) is 1.39. The fourth-order valence-corrected chi connectivity index (χ4v) is 3.52. The molecule has 2 heterocycles. The second-order valence-electron chi connectivity index (χ2n) is 7.00. The molecule has 19 heavy (non-hydrogen) atoms. The van der Waals surface area contributed by atoms with Gasteiger partial charge >= 0.3 is 5.97 Å². The van der Waals surface area contributed by atoms with Crippen LogP contribution in [0.25, 0.3) is 0 Å². The first-order chi connectivity index (χ1) is 8.67. The van der Waals surface area contributed by atoms with Crippen molar-refractivity contribution in [1.82, 2.24) is 5.32 Å². The minimum Gasteiger partial charge on any atom is -0.469 e. The Labute approximate surface area is 115 Å². The molecule has 0 aromatic heterocycles. The molecule has 0 aliphatic carbocycles. The number of carbonyl (C=O) groups excluding carboxylic acids is 1. The van der Waals surface area contributed by atoms with E-state index in [1.165, 1.54) is 7.11 Å². The van der Waals surface area contributed by atoms with Crippen molar-refractivity contribution in [1.29, 1.82) is 0 Å². The molecule has 2 rings (SSSR count). The van der Waals surface area contributed by atoms with Crippen LogP contribution in [0.1, 0.15) is 40.5 Å². The predicted octanol–water partition coefficient (Wildman–Crippen LogP) is 1.46. The lowest BCUT2D eigenvalue weighted by Gasteiger charge is -2.53. The summed E-state index contributed by atoms with van der Waals surface area (Å²) in [5, 5.41) is 3.60. The molecule has 1 spiro atoms. The van der Waals surface area contributed by atoms with Crippen LogP contribution in [0.15, 0.2) is 0 Å². The molecule has 1 N–H and O–H groups in total. The van der Waals surface area contributed by atoms with Gasteiger partial charge in [-0.3, -0.25) is 4.79 Å². The van der Waals surface area contributed by atoms with E-state index >= 15 is 0 Å². The maximum Gasteiger partial charge on any atom is 0.313 e. The van der Waals surface area contributed by atoms with E-state index in [2.05, 4.69) is 33.0 Å². The molecule has 5 heteroatoms. The standard InChI is InChI=1S/C14H25NO4/c1-12(2)8-14(9-13(3,4)15-12)18-6-10(7-19-14)11(16)17-5/h10,15H,6-9H2,1-5H3. The maximum atomic E-state index is 11.5. The third kappa shape index (κ3) is 3.27. The Morgan fingerprint density at radius 3 is 2.00 bits per heavy atom. The number of methoxy groups -OCH3 is 1. The second kappa shape index (κ2) is 4.72. The van der Waals surface area contributed by atoms with Gasteiger partial charge in [-0.05, 0) is 27.7 Å². The molecule has 110 valence electrons. The Kier molecular flexibility index (Phi) is 3.66. The van der Waals surface area contributed by atoms with Crippen LogP contribution >= 0.6 is 0 Å². The molecule has 0 bridgehead atoms. The average molecular weight is 271 g/mol. The average Bonchev–Trinajstić information content (AvgIpc) is 2.24. The van der Waals surface area contributed by atoms with Gasteiger partial charge in [0.25, 0.3) is 0 Å². The van der Waals surface area contributed by atoms with Gasteiger partial charge in [0, 0.05) is 23.9 Å². The van der Waals surface area contributed by atoms with E-state index in [-0.39, 0.29) is 23.0 Å². The molecule has 0 aromatic rings. The first kappa shape index (κ1) is 14.8. The summed E-state index contributed by atoms with van der Waals surface area (Å²) in [4.78, 5) is 11.5. The van der Waals surface area contributed by atoms with Gasteiger partial charge < -0.3 is 19.5 Å². The van der Waals surface area contributed by atoms with Gasteiger partial charge in [-0.25, -0.2) is 0 Å². The van der Waals surface area contributed by atoms with Crippen molar-refractivity contribution >= 4 is 5.97 Å². The highest BCUT2D eigenvalue weighted by Crippen LogP contribution is 2.41. The van der Waals surface area contributed by atoms with Gasteiger partial charge in [-0.2, -0.15) is 0 Å². The summed E-state index contributed by atoms with van der Waals surface area (Å²) in [5.41, 5.74) is -0.111. The number of piperidine rings is 1. The fourth-order valence-electron chi connectivity index (χ4n) is 3.52. The van der Waals surface area contributed by atoms with Crippen molar-refractivity contribution in [2.45, 2.75) is 57.4 Å². The van der Waals surface area contributed by atoms with Gasteiger partial charge in [0.05, 0.1) is 20.3 Å². The van der Waals surface area contributed by atoms with Gasteiger partial charge in [-0.1, -0.05) is 0 Å². The van der Waals surface area contributed by atoms with Gasteiger partial charge in [0.1, 0.15) is 5.92 Å². The number of carbonyl (C=O) groups is 1. The highest BCUT2D eigenvalue weighted by Gasteiger charge is 2.51. The van der Waals surface area contributed by atoms with Crippen LogP contribution in [0.2, 0.25) is 0 Å². The summed E-state index contributed by atoms with van der Waals surface area (Å²) in [6, 6.07) is 0. The van der Waals surface area contributed by atoms with Crippen LogP contribution in [-0.4, -0.2) is 43.2 Å². The number of hydrogen-bond donors (Lipinski definition) is 1. The predicted molar refractivity (Wildman–Crippen MR) is 70.7 cm³/mol. The van der Waals surface area contributed by atoms with E-state index < -0.39 is 5.79 Å². The molecule has 0 atom stereocenters. The van der Waals surface area contributed by atoms with Crippen LogP contribution in [-0.2, 0) is 19.0 Å². The number of ether oxygens (including phenoxy) is 3. The molecule has 0 unspecified atom stereocenters. The molecule has 0 radical (unpaired) electrons. The van der Waals surface area contributed by atoms with Crippen LogP contribution in [0.4, 0.5) is 0 Å². The first-order valence-corrected chi connectivity index (χ1v) is 6.82. The summed E-state index contributed by atoms with van der Waals surface area (Å²) >= 11 is 0. The summed E-state index contributed by atoms with van der Waals surface area (Å²) < 4.78 is 16.6. The number of rotatable bonds is 1. The fraction of sp³-hybridized carbons (Fsp3) is 0.929. The molecule has 2 aliphatic heterocycles. The minimum atomic E-state index is -0.581. The summed E-state index contributed by atoms with van der Waals surface area (Å²) in [6.07, 6.45) is 1.55. The van der Waals surface area contributed by atoms with Crippen LogP contribution in [0.5, 0.6) is 0 Å². The minimum absolute atomic E-state index is 0.0557. The zero-order valence-electron chi connectivity index (χ0n) is 12.5. The van der Waals surface area contributed by atoms with E-state index in [9.17, 15) is 4.79 Å². The van der Waals surface area contributed by atoms with Crippen LogP contribution in [0.3, 0.4) is 0 Å². The van der Waals surface area contributed by atoms with Crippen molar-refractivity contribution in [2.24, 2.45) is 5.92 Å². The van der Waals surface area contributed by atoms with E-state index in [1.54, 1.807) is 0 Å². The molecule has 0 aromatic carbocycles. The largest absolute Gasteiger partial charge is 0.469 e. The lowest BCUT2D eigenvalue weighted by atomic mass is 9.78. The monoisotopic (exact) mass is 271 g/mol. The Morgan fingerprint density at radius 1 is 1.11 bits per heavy atom. The highest BCUT2D eigenvalue weighted by atomic mass is 16.7. The zero-order valence-corrected chi connectivity index (χ0v) is 12.5. The highest BCUT2D eigenvalue weighted by molar-refractivity contribution is 5.72. The molecule has 2 fully saturated rings. The van der Waals surface area contributed by atoms with Gasteiger partial charge in [-0.15, -0.1) is 0 Å². The molecule has 2 aliphatic rings. The normalized spacial score (nSPS) is 29.1. The van der Waals surface area contributed by atoms with Crippen molar-refractivity contribution in [3.8, 4) is 0 Å². The van der Waals surface area contributed by atoms with Crippen molar-refractivity contribution < 1.29 is 19.0 Å². The Balaban J connectivity index is 2.07. The van der Waals surface area contributed by atoms with Crippen molar-refractivity contribution in [2.75, 3.05) is 20.3 Å². The third-order valence-electron chi connectivity index (χ3n) is 3.73. The number of nitrogens with one attached hydrogen (secondary N) is 1. The lowest BCUT2D eigenvalue weighted by molar-refractivity contribution is -0.309. The van der Waals surface area contributed by atoms with Crippen LogP contribution in [0, 0.1) is 5.92 Å². The van der Waals surface area contributed by atoms with E-state index in [4.69, 9.17) is 14.2 Å². The molecular formula is C14H25NO4. The molecule has 2 saturated heterocycles. The lowest BCUT2D eigenvalue weighted by Crippen LogP contribution is -2.66. The molecule has 0 amide bonds. The SMILES string of the molecule is COC(=O)C1COC2(CC(C)(C)NC(C)(C)C2)OC1. The van der Waals surface area contributed by atoms with E-state index in [1.807, 2.05) is 0 Å². The van der Waals surface area contributed by atoms with Crippen LogP contribution < -0.4 is 5.32 Å². The maximum absolute atomic E-state index is 11.5. The van der Waals surface area contributed by atoms with Crippen molar-refractivity contribution in [3.05, 3.63) is 0 Å². The van der Waals surface area contributed by atoms with Gasteiger partial charge in [0.2, 0.25) is 0 Å². The quantitative estimate of drug-likeness (QED) is 0.732. The zero-order chi connectivity index (χ0) is 14.3. The Morgan fingerprint density at radius 2 is 1.58 bits per heavy atom. The second-order valence-corrected chi connectivity index (χ2v) is 7.00. The smallest absolute Gasteiger partial charge is 0.313 e. The summed E-state index contributed by atoms with van der Waals surface area (Å²) in [5.74, 6) is -1.15. The topological polar surface area (TPSA) is 56.8 Å². The molecule has 0 saturated carbocycles.